The van der Waals surface area contributed by atoms with E-state index in [9.17, 15) is 9.59 Å². The Balaban J connectivity index is 1.48. The summed E-state index contributed by atoms with van der Waals surface area (Å²) >= 11 is 0. The number of aryl methyl sites for hydroxylation is 1. The first kappa shape index (κ1) is 19.4. The maximum atomic E-state index is 13.4. The molecular formula is C25H24N2O4. The van der Waals surface area contributed by atoms with Crippen LogP contribution in [0.2, 0.25) is 0 Å². The predicted octanol–water partition coefficient (Wildman–Crippen LogP) is 4.38. The molecule has 3 heterocycles. The summed E-state index contributed by atoms with van der Waals surface area (Å²) in [5.74, 6) is 1.10. The summed E-state index contributed by atoms with van der Waals surface area (Å²) < 4.78 is 12.6. The van der Waals surface area contributed by atoms with Gasteiger partial charge in [-0.15, -0.1) is 0 Å². The molecule has 2 aromatic heterocycles. The molecule has 4 aromatic rings. The SMILES string of the molecule is COc1cccc(C2CCCN(C(=O)c3ccc4c(=O)oc5ccc(C)n5c4c3)C2)c1. The van der Waals surface area contributed by atoms with E-state index < -0.39 is 5.63 Å². The Kier molecular flexibility index (Phi) is 4.77. The second kappa shape index (κ2) is 7.61. The summed E-state index contributed by atoms with van der Waals surface area (Å²) in [7, 11) is 1.67. The molecule has 2 aromatic carbocycles. The summed E-state index contributed by atoms with van der Waals surface area (Å²) in [6.07, 6.45) is 1.99. The smallest absolute Gasteiger partial charge is 0.346 e. The first-order chi connectivity index (χ1) is 15.0. The summed E-state index contributed by atoms with van der Waals surface area (Å²) in [5.41, 5.74) is 3.51. The Morgan fingerprint density at radius 2 is 2.00 bits per heavy atom. The van der Waals surface area contributed by atoms with Gasteiger partial charge < -0.3 is 14.1 Å². The van der Waals surface area contributed by atoms with Gasteiger partial charge in [0.1, 0.15) is 5.75 Å². The number of rotatable bonds is 3. The third-order valence-corrected chi connectivity index (χ3v) is 6.22. The molecule has 5 rings (SSSR count). The van der Waals surface area contributed by atoms with Crippen LogP contribution in [0.3, 0.4) is 0 Å². The largest absolute Gasteiger partial charge is 0.497 e. The van der Waals surface area contributed by atoms with Crippen molar-refractivity contribution in [3.05, 3.63) is 81.8 Å². The van der Waals surface area contributed by atoms with E-state index in [0.29, 0.717) is 28.7 Å². The molecule has 6 heteroatoms. The first-order valence-corrected chi connectivity index (χ1v) is 10.5. The quantitative estimate of drug-likeness (QED) is 0.497. The number of amides is 1. The second-order valence-corrected chi connectivity index (χ2v) is 8.14. The van der Waals surface area contributed by atoms with Gasteiger partial charge in [-0.2, -0.15) is 0 Å². The van der Waals surface area contributed by atoms with Gasteiger partial charge in [0.15, 0.2) is 0 Å². The molecular weight excluding hydrogens is 392 g/mol. The zero-order valence-electron chi connectivity index (χ0n) is 17.6. The number of carbonyl (C=O) groups excluding carboxylic acids is 1. The molecule has 0 aliphatic carbocycles. The number of benzene rings is 2. The molecule has 0 N–H and O–H groups in total. The standard InChI is InChI=1S/C25H24N2O4/c1-16-8-11-23-27(16)22-14-18(9-10-21(22)25(29)31-23)24(28)26-12-4-6-19(15-26)17-5-3-7-20(13-17)30-2/h3,5,7-11,13-14,19H,4,6,12,15H2,1-2H3. The molecule has 31 heavy (non-hydrogen) atoms. The summed E-state index contributed by atoms with van der Waals surface area (Å²) in [6, 6.07) is 17.0. The normalized spacial score (nSPS) is 16.7. The van der Waals surface area contributed by atoms with Gasteiger partial charge in [0.05, 0.1) is 18.0 Å². The van der Waals surface area contributed by atoms with Crippen LogP contribution in [0.1, 0.15) is 40.4 Å². The maximum absolute atomic E-state index is 13.4. The molecule has 0 bridgehead atoms. The van der Waals surface area contributed by atoms with E-state index in [-0.39, 0.29) is 11.8 Å². The Labute approximate surface area is 179 Å². The predicted molar refractivity (Wildman–Crippen MR) is 119 cm³/mol. The lowest BCUT2D eigenvalue weighted by Gasteiger charge is -2.33. The Hall–Kier alpha value is -3.54. The number of hydrogen-bond donors (Lipinski definition) is 0. The number of fused-ring (bicyclic) bond motifs is 3. The van der Waals surface area contributed by atoms with Crippen molar-refractivity contribution < 1.29 is 13.9 Å². The molecule has 1 atom stereocenters. The lowest BCUT2D eigenvalue weighted by atomic mass is 9.90. The van der Waals surface area contributed by atoms with Gasteiger partial charge in [-0.1, -0.05) is 12.1 Å². The van der Waals surface area contributed by atoms with E-state index in [0.717, 1.165) is 30.8 Å². The van der Waals surface area contributed by atoms with Crippen LogP contribution in [-0.2, 0) is 0 Å². The number of methoxy groups -OCH3 is 1. The van der Waals surface area contributed by atoms with Gasteiger partial charge in [0, 0.05) is 36.3 Å². The maximum Gasteiger partial charge on any atom is 0.346 e. The molecule has 1 saturated heterocycles. The minimum atomic E-state index is -0.393. The number of piperidine rings is 1. The Morgan fingerprint density at radius 1 is 1.13 bits per heavy atom. The van der Waals surface area contributed by atoms with Crippen LogP contribution in [0.4, 0.5) is 0 Å². The van der Waals surface area contributed by atoms with Gasteiger partial charge >= 0.3 is 5.63 Å². The van der Waals surface area contributed by atoms with Crippen molar-refractivity contribution >= 4 is 22.5 Å². The van der Waals surface area contributed by atoms with Gasteiger partial charge in [0.2, 0.25) is 5.71 Å². The fourth-order valence-corrected chi connectivity index (χ4v) is 4.59. The number of likely N-dealkylation sites (tertiary alicyclic amines) is 1. The summed E-state index contributed by atoms with van der Waals surface area (Å²) in [4.78, 5) is 27.6. The number of nitrogens with zero attached hydrogens (tertiary/aromatic N) is 2. The summed E-state index contributed by atoms with van der Waals surface area (Å²) in [6.45, 7) is 3.34. The van der Waals surface area contributed by atoms with E-state index in [4.69, 9.17) is 9.15 Å². The average molecular weight is 416 g/mol. The highest BCUT2D eigenvalue weighted by atomic mass is 16.5. The van der Waals surface area contributed by atoms with Gasteiger partial charge in [-0.05, 0) is 61.7 Å². The zero-order valence-corrected chi connectivity index (χ0v) is 17.6. The number of carbonyl (C=O) groups is 1. The average Bonchev–Trinajstić information content (AvgIpc) is 3.18. The van der Waals surface area contributed by atoms with E-state index in [2.05, 4.69) is 12.1 Å². The number of ether oxygens (including phenoxy) is 1. The van der Waals surface area contributed by atoms with Crippen LogP contribution >= 0.6 is 0 Å². The van der Waals surface area contributed by atoms with Crippen molar-refractivity contribution in [2.24, 2.45) is 0 Å². The van der Waals surface area contributed by atoms with Crippen molar-refractivity contribution in [1.82, 2.24) is 9.30 Å². The topological polar surface area (TPSA) is 64.2 Å². The van der Waals surface area contributed by atoms with Crippen LogP contribution < -0.4 is 10.4 Å². The van der Waals surface area contributed by atoms with Gasteiger partial charge in [-0.25, -0.2) is 4.79 Å². The monoisotopic (exact) mass is 416 g/mol. The van der Waals surface area contributed by atoms with Crippen LogP contribution in [-0.4, -0.2) is 35.4 Å². The van der Waals surface area contributed by atoms with E-state index in [1.54, 1.807) is 25.3 Å². The van der Waals surface area contributed by atoms with E-state index >= 15 is 0 Å². The molecule has 1 unspecified atom stereocenters. The molecule has 0 saturated carbocycles. The molecule has 1 fully saturated rings. The van der Waals surface area contributed by atoms with Crippen molar-refractivity contribution in [2.45, 2.75) is 25.7 Å². The highest BCUT2D eigenvalue weighted by Crippen LogP contribution is 2.30. The van der Waals surface area contributed by atoms with E-state index in [1.807, 2.05) is 40.5 Å². The zero-order chi connectivity index (χ0) is 21.5. The van der Waals surface area contributed by atoms with Crippen LogP contribution in [0, 0.1) is 6.92 Å². The highest BCUT2D eigenvalue weighted by molar-refractivity contribution is 5.98. The highest BCUT2D eigenvalue weighted by Gasteiger charge is 2.26. The van der Waals surface area contributed by atoms with Crippen molar-refractivity contribution in [2.75, 3.05) is 20.2 Å². The van der Waals surface area contributed by atoms with Gasteiger partial charge in [0.25, 0.3) is 5.91 Å². The van der Waals surface area contributed by atoms with Crippen molar-refractivity contribution in [3.8, 4) is 5.75 Å². The lowest BCUT2D eigenvalue weighted by Crippen LogP contribution is -2.39. The Morgan fingerprint density at radius 3 is 2.84 bits per heavy atom. The molecule has 1 aliphatic heterocycles. The first-order valence-electron chi connectivity index (χ1n) is 10.5. The van der Waals surface area contributed by atoms with Crippen molar-refractivity contribution in [3.63, 3.8) is 0 Å². The minimum absolute atomic E-state index is 0.0132. The number of aromatic nitrogens is 1. The minimum Gasteiger partial charge on any atom is -0.497 e. The molecule has 6 nitrogen and oxygen atoms in total. The number of hydrogen-bond acceptors (Lipinski definition) is 4. The third-order valence-electron chi connectivity index (χ3n) is 6.22. The van der Waals surface area contributed by atoms with E-state index in [1.165, 1.54) is 5.56 Å². The lowest BCUT2D eigenvalue weighted by molar-refractivity contribution is 0.0707. The molecule has 158 valence electrons. The second-order valence-electron chi connectivity index (χ2n) is 8.14. The van der Waals surface area contributed by atoms with Crippen LogP contribution in [0.25, 0.3) is 16.6 Å². The van der Waals surface area contributed by atoms with Gasteiger partial charge in [-0.3, -0.25) is 9.20 Å². The third kappa shape index (κ3) is 3.38. The molecule has 1 aliphatic rings. The van der Waals surface area contributed by atoms with Crippen LogP contribution in [0.15, 0.2) is 63.8 Å². The summed E-state index contributed by atoms with van der Waals surface area (Å²) in [5, 5.41) is 0.469. The molecule has 0 spiro atoms. The fraction of sp³-hybridized carbons (Fsp3) is 0.280. The fourth-order valence-electron chi connectivity index (χ4n) is 4.59. The Bertz CT molecular complexity index is 1350. The molecule has 1 amide bonds. The van der Waals surface area contributed by atoms with Crippen molar-refractivity contribution in [1.29, 1.82) is 0 Å². The van der Waals surface area contributed by atoms with Crippen LogP contribution in [0.5, 0.6) is 5.75 Å². The molecule has 0 radical (unpaired) electrons.